The first kappa shape index (κ1) is 22.2. The molecule has 2 aliphatic heterocycles. The van der Waals surface area contributed by atoms with Crippen LogP contribution in [0.4, 0.5) is 4.39 Å². The predicted molar refractivity (Wildman–Crippen MR) is 103 cm³/mol. The molecule has 0 bridgehead atoms. The second-order valence-corrected chi connectivity index (χ2v) is 6.58. The van der Waals surface area contributed by atoms with Gasteiger partial charge < -0.3 is 10.2 Å². The Labute approximate surface area is 162 Å². The van der Waals surface area contributed by atoms with Gasteiger partial charge in [0, 0.05) is 32.7 Å². The molecule has 2 aliphatic rings. The summed E-state index contributed by atoms with van der Waals surface area (Å²) in [6.07, 6.45) is 4.29. The summed E-state index contributed by atoms with van der Waals surface area (Å²) in [5, 5.41) is 3.35. The summed E-state index contributed by atoms with van der Waals surface area (Å²) in [5.74, 6) is 0.0784. The molecule has 0 aliphatic carbocycles. The van der Waals surface area contributed by atoms with E-state index >= 15 is 0 Å². The van der Waals surface area contributed by atoms with Crippen LogP contribution in [0.5, 0.6) is 0 Å². The van der Waals surface area contributed by atoms with E-state index in [1.807, 2.05) is 17.0 Å². The van der Waals surface area contributed by atoms with Crippen molar-refractivity contribution in [3.05, 3.63) is 35.6 Å². The standard InChI is InChI=1S/C18H26FN3O.2ClH/c19-16-7-5-15(6-8-16)14-21-10-3-11-22(13-12-21)18(23)17-4-1-2-9-20-17;;/h5-8,17,20H,1-4,9-14H2;2*1H. The van der Waals surface area contributed by atoms with E-state index in [1.54, 1.807) is 0 Å². The Hall–Kier alpha value is -0.880. The highest BCUT2D eigenvalue weighted by Gasteiger charge is 2.27. The number of benzene rings is 1. The molecule has 1 amide bonds. The summed E-state index contributed by atoms with van der Waals surface area (Å²) in [7, 11) is 0. The molecule has 142 valence electrons. The van der Waals surface area contributed by atoms with Gasteiger partial charge in [0.1, 0.15) is 5.82 Å². The van der Waals surface area contributed by atoms with Crippen molar-refractivity contribution >= 4 is 30.7 Å². The van der Waals surface area contributed by atoms with Gasteiger partial charge in [-0.05, 0) is 43.5 Å². The van der Waals surface area contributed by atoms with Crippen LogP contribution in [0.1, 0.15) is 31.2 Å². The number of nitrogens with zero attached hydrogens (tertiary/aromatic N) is 2. The number of rotatable bonds is 3. The Balaban J connectivity index is 0.00000156. The van der Waals surface area contributed by atoms with Gasteiger partial charge >= 0.3 is 0 Å². The fraction of sp³-hybridized carbons (Fsp3) is 0.611. The molecule has 2 heterocycles. The van der Waals surface area contributed by atoms with E-state index in [9.17, 15) is 9.18 Å². The summed E-state index contributed by atoms with van der Waals surface area (Å²) in [5.41, 5.74) is 1.13. The van der Waals surface area contributed by atoms with Crippen LogP contribution in [0.15, 0.2) is 24.3 Å². The lowest BCUT2D eigenvalue weighted by Gasteiger charge is -2.29. The maximum Gasteiger partial charge on any atom is 0.239 e. The summed E-state index contributed by atoms with van der Waals surface area (Å²) in [6.45, 7) is 5.29. The van der Waals surface area contributed by atoms with Gasteiger partial charge in [0.05, 0.1) is 6.04 Å². The second kappa shape index (κ2) is 11.0. The van der Waals surface area contributed by atoms with E-state index < -0.39 is 0 Å². The number of hydrogen-bond donors (Lipinski definition) is 1. The third-order valence-corrected chi connectivity index (χ3v) is 4.83. The van der Waals surface area contributed by atoms with E-state index in [0.717, 1.165) is 64.1 Å². The van der Waals surface area contributed by atoms with Gasteiger partial charge in [-0.3, -0.25) is 9.69 Å². The fourth-order valence-electron chi connectivity index (χ4n) is 3.48. The smallest absolute Gasteiger partial charge is 0.239 e. The third kappa shape index (κ3) is 6.41. The number of hydrogen-bond acceptors (Lipinski definition) is 3. The quantitative estimate of drug-likeness (QED) is 0.860. The highest BCUT2D eigenvalue weighted by molar-refractivity contribution is 5.85. The van der Waals surface area contributed by atoms with Gasteiger partial charge in [0.25, 0.3) is 0 Å². The molecule has 0 spiro atoms. The van der Waals surface area contributed by atoms with Gasteiger partial charge in [0.2, 0.25) is 5.91 Å². The minimum absolute atomic E-state index is 0. The third-order valence-electron chi connectivity index (χ3n) is 4.83. The van der Waals surface area contributed by atoms with Gasteiger partial charge in [-0.25, -0.2) is 4.39 Å². The van der Waals surface area contributed by atoms with Crippen LogP contribution in [0.25, 0.3) is 0 Å². The molecule has 3 rings (SSSR count). The Bertz CT molecular complexity index is 524. The Morgan fingerprint density at radius 3 is 2.48 bits per heavy atom. The van der Waals surface area contributed by atoms with E-state index in [0.29, 0.717) is 0 Å². The monoisotopic (exact) mass is 391 g/mol. The van der Waals surface area contributed by atoms with Gasteiger partial charge in [-0.2, -0.15) is 0 Å². The average molecular weight is 392 g/mol. The minimum atomic E-state index is -0.193. The van der Waals surface area contributed by atoms with E-state index in [-0.39, 0.29) is 42.6 Å². The van der Waals surface area contributed by atoms with Crippen LogP contribution in [-0.2, 0) is 11.3 Å². The number of carbonyl (C=O) groups is 1. The highest BCUT2D eigenvalue weighted by Crippen LogP contribution is 2.14. The summed E-state index contributed by atoms with van der Waals surface area (Å²) >= 11 is 0. The van der Waals surface area contributed by atoms with Crippen molar-refractivity contribution in [1.29, 1.82) is 0 Å². The van der Waals surface area contributed by atoms with Crippen molar-refractivity contribution in [2.75, 3.05) is 32.7 Å². The average Bonchev–Trinajstić information content (AvgIpc) is 2.83. The van der Waals surface area contributed by atoms with Crippen molar-refractivity contribution in [3.63, 3.8) is 0 Å². The molecule has 0 saturated carbocycles. The molecule has 1 atom stereocenters. The lowest BCUT2D eigenvalue weighted by molar-refractivity contribution is -0.133. The van der Waals surface area contributed by atoms with E-state index in [2.05, 4.69) is 10.2 Å². The molecule has 0 aromatic heterocycles. The summed E-state index contributed by atoms with van der Waals surface area (Å²) < 4.78 is 13.0. The summed E-state index contributed by atoms with van der Waals surface area (Å²) in [4.78, 5) is 17.0. The number of piperidine rings is 1. The molecule has 4 nitrogen and oxygen atoms in total. The maximum atomic E-state index is 13.0. The van der Waals surface area contributed by atoms with Crippen LogP contribution < -0.4 is 5.32 Å². The Morgan fingerprint density at radius 2 is 1.80 bits per heavy atom. The fourth-order valence-corrected chi connectivity index (χ4v) is 3.48. The zero-order valence-corrected chi connectivity index (χ0v) is 16.1. The topological polar surface area (TPSA) is 35.6 Å². The van der Waals surface area contributed by atoms with Crippen LogP contribution in [-0.4, -0.2) is 54.5 Å². The zero-order valence-electron chi connectivity index (χ0n) is 14.5. The second-order valence-electron chi connectivity index (χ2n) is 6.58. The maximum absolute atomic E-state index is 13.0. The molecule has 1 aromatic rings. The van der Waals surface area contributed by atoms with E-state index in [4.69, 9.17) is 0 Å². The molecule has 1 unspecified atom stereocenters. The molecule has 25 heavy (non-hydrogen) atoms. The van der Waals surface area contributed by atoms with Crippen molar-refractivity contribution in [1.82, 2.24) is 15.1 Å². The normalized spacial score (nSPS) is 21.6. The molecule has 1 N–H and O–H groups in total. The molecule has 0 radical (unpaired) electrons. The van der Waals surface area contributed by atoms with Crippen LogP contribution >= 0.6 is 24.8 Å². The molecule has 1 aromatic carbocycles. The number of amides is 1. The van der Waals surface area contributed by atoms with Crippen LogP contribution in [0, 0.1) is 5.82 Å². The van der Waals surface area contributed by atoms with Gasteiger partial charge in [-0.1, -0.05) is 18.6 Å². The SMILES string of the molecule is Cl.Cl.O=C(C1CCCCN1)N1CCCN(Cc2ccc(F)cc2)CC1. The highest BCUT2D eigenvalue weighted by atomic mass is 35.5. The first-order valence-electron chi connectivity index (χ1n) is 8.71. The predicted octanol–water partition coefficient (Wildman–Crippen LogP) is 2.85. The van der Waals surface area contributed by atoms with Crippen molar-refractivity contribution in [3.8, 4) is 0 Å². The lowest BCUT2D eigenvalue weighted by atomic mass is 10.0. The summed E-state index contributed by atoms with van der Waals surface area (Å²) in [6, 6.07) is 6.73. The van der Waals surface area contributed by atoms with Crippen LogP contribution in [0.3, 0.4) is 0 Å². The van der Waals surface area contributed by atoms with Crippen molar-refractivity contribution < 1.29 is 9.18 Å². The molecule has 2 fully saturated rings. The molecule has 2 saturated heterocycles. The zero-order chi connectivity index (χ0) is 16.1. The Morgan fingerprint density at radius 1 is 1.04 bits per heavy atom. The molecular weight excluding hydrogens is 364 g/mol. The van der Waals surface area contributed by atoms with Crippen molar-refractivity contribution in [2.45, 2.75) is 38.3 Å². The molecular formula is C18H28Cl2FN3O. The largest absolute Gasteiger partial charge is 0.340 e. The van der Waals surface area contributed by atoms with Crippen LogP contribution in [0.2, 0.25) is 0 Å². The lowest BCUT2D eigenvalue weighted by Crippen LogP contribution is -2.49. The first-order chi connectivity index (χ1) is 11.2. The number of carbonyl (C=O) groups excluding carboxylic acids is 1. The number of nitrogens with one attached hydrogen (secondary N) is 1. The van der Waals surface area contributed by atoms with Gasteiger partial charge in [-0.15, -0.1) is 24.8 Å². The van der Waals surface area contributed by atoms with E-state index in [1.165, 1.54) is 18.6 Å². The minimum Gasteiger partial charge on any atom is -0.340 e. The van der Waals surface area contributed by atoms with Crippen molar-refractivity contribution in [2.24, 2.45) is 0 Å². The number of halogens is 3. The first-order valence-corrected chi connectivity index (χ1v) is 8.71. The Kier molecular flexibility index (Phi) is 9.72. The molecule has 7 heteroatoms. The van der Waals surface area contributed by atoms with Gasteiger partial charge in [0.15, 0.2) is 0 Å².